The zero-order chi connectivity index (χ0) is 22.9. The van der Waals surface area contributed by atoms with Crippen LogP contribution in [-0.4, -0.2) is 24.6 Å². The zero-order valence-electron chi connectivity index (χ0n) is 17.0. The Morgan fingerprint density at radius 3 is 2.38 bits per heavy atom. The van der Waals surface area contributed by atoms with Crippen LogP contribution in [0.15, 0.2) is 73.7 Å². The second-order valence-corrected chi connectivity index (χ2v) is 9.01. The number of rotatable bonds is 5. The van der Waals surface area contributed by atoms with E-state index >= 15 is 0 Å². The molecule has 0 atom stereocenters. The van der Waals surface area contributed by atoms with Gasteiger partial charge in [0.1, 0.15) is 5.58 Å². The average Bonchev–Trinajstić information content (AvgIpc) is 2.73. The van der Waals surface area contributed by atoms with Gasteiger partial charge in [-0.05, 0) is 56.3 Å². The molecule has 0 saturated carbocycles. The third-order valence-corrected chi connectivity index (χ3v) is 6.23. The fourth-order valence-corrected chi connectivity index (χ4v) is 4.26. The van der Waals surface area contributed by atoms with E-state index in [4.69, 9.17) is 16.0 Å². The van der Waals surface area contributed by atoms with Crippen molar-refractivity contribution in [3.63, 3.8) is 0 Å². The number of hydrogen-bond donors (Lipinski definition) is 1. The molecule has 0 unspecified atom stereocenters. The molecular weight excluding hydrogens is 452 g/mol. The van der Waals surface area contributed by atoms with Crippen molar-refractivity contribution in [3.05, 3.63) is 87.0 Å². The molecule has 8 nitrogen and oxygen atoms in total. The maximum atomic E-state index is 12.6. The molecule has 162 valence electrons. The van der Waals surface area contributed by atoms with Gasteiger partial charge >= 0.3 is 5.63 Å². The molecule has 0 aliphatic heterocycles. The van der Waals surface area contributed by atoms with Crippen LogP contribution in [0.5, 0.6) is 0 Å². The Bertz CT molecular complexity index is 1490. The predicted octanol–water partition coefficient (Wildman–Crippen LogP) is 4.40. The molecule has 1 N–H and O–H groups in total. The summed E-state index contributed by atoms with van der Waals surface area (Å²) in [5.41, 5.74) is 1.60. The molecule has 0 saturated heterocycles. The molecule has 0 aliphatic rings. The van der Waals surface area contributed by atoms with Gasteiger partial charge in [-0.1, -0.05) is 23.7 Å². The van der Waals surface area contributed by atoms with Gasteiger partial charge < -0.3 is 4.42 Å². The number of halogens is 1. The van der Waals surface area contributed by atoms with E-state index in [1.165, 1.54) is 30.5 Å². The van der Waals surface area contributed by atoms with Crippen molar-refractivity contribution < 1.29 is 12.8 Å². The lowest BCUT2D eigenvalue weighted by Gasteiger charge is -2.08. The molecule has 2 aromatic carbocycles. The van der Waals surface area contributed by atoms with Crippen LogP contribution >= 0.6 is 11.6 Å². The van der Waals surface area contributed by atoms with Gasteiger partial charge in [0.2, 0.25) is 5.95 Å². The van der Waals surface area contributed by atoms with Crippen LogP contribution in [0.1, 0.15) is 17.0 Å². The van der Waals surface area contributed by atoms with Gasteiger partial charge in [0.05, 0.1) is 21.2 Å². The lowest BCUT2D eigenvalue weighted by Crippen LogP contribution is -2.15. The van der Waals surface area contributed by atoms with Crippen molar-refractivity contribution in [1.29, 1.82) is 0 Å². The van der Waals surface area contributed by atoms with E-state index in [0.29, 0.717) is 28.0 Å². The first-order valence-electron chi connectivity index (χ1n) is 9.43. The van der Waals surface area contributed by atoms with Crippen molar-refractivity contribution in [3.8, 4) is 0 Å². The molecule has 0 spiro atoms. The zero-order valence-corrected chi connectivity index (χ0v) is 18.6. The minimum atomic E-state index is -3.88. The highest BCUT2D eigenvalue weighted by Gasteiger charge is 2.16. The summed E-state index contributed by atoms with van der Waals surface area (Å²) >= 11 is 6.35. The first-order valence-corrected chi connectivity index (χ1v) is 11.3. The Morgan fingerprint density at radius 1 is 1.03 bits per heavy atom. The van der Waals surface area contributed by atoms with Crippen LogP contribution in [0.3, 0.4) is 0 Å². The molecule has 2 aromatic heterocycles. The van der Waals surface area contributed by atoms with Crippen LogP contribution in [-0.2, 0) is 10.0 Å². The third kappa shape index (κ3) is 4.53. The van der Waals surface area contributed by atoms with Crippen molar-refractivity contribution in [2.45, 2.75) is 18.7 Å². The highest BCUT2D eigenvalue weighted by Crippen LogP contribution is 2.24. The third-order valence-electron chi connectivity index (χ3n) is 4.48. The van der Waals surface area contributed by atoms with Crippen LogP contribution in [0.4, 0.5) is 11.6 Å². The number of para-hydroxylation sites is 1. The van der Waals surface area contributed by atoms with E-state index in [1.54, 1.807) is 44.2 Å². The molecule has 10 heteroatoms. The van der Waals surface area contributed by atoms with Gasteiger partial charge in [-0.2, -0.15) is 0 Å². The summed E-state index contributed by atoms with van der Waals surface area (Å²) < 4.78 is 32.9. The Labute approximate surface area is 188 Å². The predicted molar refractivity (Wildman–Crippen MR) is 124 cm³/mol. The van der Waals surface area contributed by atoms with E-state index in [1.807, 2.05) is 0 Å². The Hall–Kier alpha value is -3.56. The van der Waals surface area contributed by atoms with Crippen LogP contribution in [0, 0.1) is 13.8 Å². The summed E-state index contributed by atoms with van der Waals surface area (Å²) in [6.07, 6.45) is 1.30. The normalized spacial score (nSPS) is 11.8. The Balaban J connectivity index is 1.58. The first-order chi connectivity index (χ1) is 15.2. The highest BCUT2D eigenvalue weighted by molar-refractivity contribution is 7.92. The maximum Gasteiger partial charge on any atom is 0.346 e. The largest absolute Gasteiger partial charge is 0.422 e. The van der Waals surface area contributed by atoms with E-state index < -0.39 is 15.6 Å². The fraction of sp³-hybridized carbons (Fsp3) is 0.0909. The Morgan fingerprint density at radius 2 is 1.69 bits per heavy atom. The minimum Gasteiger partial charge on any atom is -0.422 e. The number of aromatic nitrogens is 2. The number of aryl methyl sites for hydroxylation is 2. The Kier molecular flexibility index (Phi) is 5.77. The number of benzene rings is 2. The van der Waals surface area contributed by atoms with E-state index in [0.717, 1.165) is 0 Å². The maximum absolute atomic E-state index is 12.6. The topological polar surface area (TPSA) is 115 Å². The van der Waals surface area contributed by atoms with Crippen LogP contribution < -0.4 is 10.3 Å². The standard InChI is InChI=1S/C22H17ClN4O4S/c1-13-11-14(2)26-22(25-13)27-32(29,30)16-9-7-15(8-10-16)24-12-18-20(23)17-5-3-4-6-19(17)31-21(18)28/h3-12H,1-2H3,(H,25,26,27). The number of anilines is 1. The van der Waals surface area contributed by atoms with Crippen molar-refractivity contribution in [1.82, 2.24) is 9.97 Å². The van der Waals surface area contributed by atoms with Gasteiger partial charge in [0.25, 0.3) is 10.0 Å². The monoisotopic (exact) mass is 468 g/mol. The van der Waals surface area contributed by atoms with E-state index in [2.05, 4.69) is 19.7 Å². The molecular formula is C22H17ClN4O4S. The second kappa shape index (κ2) is 8.52. The lowest BCUT2D eigenvalue weighted by molar-refractivity contribution is 0.560. The molecule has 0 amide bonds. The van der Waals surface area contributed by atoms with Gasteiger partial charge in [0, 0.05) is 23.0 Å². The summed E-state index contributed by atoms with van der Waals surface area (Å²) in [5.74, 6) is 0.00210. The van der Waals surface area contributed by atoms with Crippen LogP contribution in [0.25, 0.3) is 11.0 Å². The number of hydrogen-bond acceptors (Lipinski definition) is 7. The lowest BCUT2D eigenvalue weighted by atomic mass is 10.2. The summed E-state index contributed by atoms with van der Waals surface area (Å²) in [6, 6.07) is 14.5. The smallest absolute Gasteiger partial charge is 0.346 e. The van der Waals surface area contributed by atoms with Crippen molar-refractivity contribution in [2.24, 2.45) is 4.99 Å². The molecule has 0 fully saturated rings. The average molecular weight is 469 g/mol. The highest BCUT2D eigenvalue weighted by atomic mass is 35.5. The van der Waals surface area contributed by atoms with E-state index in [-0.39, 0.29) is 21.4 Å². The fourth-order valence-electron chi connectivity index (χ4n) is 3.04. The van der Waals surface area contributed by atoms with Gasteiger partial charge in [-0.25, -0.2) is 27.9 Å². The quantitative estimate of drug-likeness (QED) is 0.343. The molecule has 4 aromatic rings. The summed E-state index contributed by atoms with van der Waals surface area (Å²) in [7, 11) is -3.88. The first kappa shape index (κ1) is 21.7. The van der Waals surface area contributed by atoms with Crippen LogP contribution in [0.2, 0.25) is 5.02 Å². The van der Waals surface area contributed by atoms with Gasteiger partial charge in [0.15, 0.2) is 0 Å². The molecule has 0 aliphatic carbocycles. The SMILES string of the molecule is Cc1cc(C)nc(NS(=O)(=O)c2ccc(N=Cc3c(Cl)c4ccccc4oc3=O)cc2)n1. The number of aliphatic imine (C=N–C) groups is 1. The molecule has 4 rings (SSSR count). The number of fused-ring (bicyclic) bond motifs is 1. The summed E-state index contributed by atoms with van der Waals surface area (Å²) in [6.45, 7) is 3.50. The van der Waals surface area contributed by atoms with Gasteiger partial charge in [-0.3, -0.25) is 4.99 Å². The number of sulfonamides is 1. The molecule has 0 radical (unpaired) electrons. The number of nitrogens with zero attached hydrogens (tertiary/aromatic N) is 3. The van der Waals surface area contributed by atoms with Crippen molar-refractivity contribution >= 4 is 50.4 Å². The number of nitrogens with one attached hydrogen (secondary N) is 1. The molecule has 2 heterocycles. The molecule has 32 heavy (non-hydrogen) atoms. The second-order valence-electron chi connectivity index (χ2n) is 6.95. The van der Waals surface area contributed by atoms with Crippen molar-refractivity contribution in [2.75, 3.05) is 4.72 Å². The summed E-state index contributed by atoms with van der Waals surface area (Å²) in [5, 5.41) is 0.828. The minimum absolute atomic E-state index is 0.00210. The van der Waals surface area contributed by atoms with E-state index in [9.17, 15) is 13.2 Å². The molecule has 0 bridgehead atoms. The van der Waals surface area contributed by atoms with Gasteiger partial charge in [-0.15, -0.1) is 0 Å². The summed E-state index contributed by atoms with van der Waals surface area (Å²) in [4.78, 5) is 24.7.